The third-order valence-electron chi connectivity index (χ3n) is 2.36. The number of rotatable bonds is 6. The van der Waals surface area contributed by atoms with Gasteiger partial charge in [-0.1, -0.05) is 23.7 Å². The van der Waals surface area contributed by atoms with Gasteiger partial charge in [0.05, 0.1) is 13.2 Å². The van der Waals surface area contributed by atoms with Crippen LogP contribution in [-0.2, 0) is 6.54 Å². The Hall–Kier alpha value is -1.30. The van der Waals surface area contributed by atoms with E-state index in [2.05, 4.69) is 5.32 Å². The zero-order valence-electron chi connectivity index (χ0n) is 9.97. The van der Waals surface area contributed by atoms with E-state index in [1.54, 1.807) is 12.1 Å². The number of nitrogens with one attached hydrogen (secondary N) is 1. The van der Waals surface area contributed by atoms with Crippen LogP contribution < -0.4 is 5.32 Å². The van der Waals surface area contributed by atoms with Gasteiger partial charge < -0.3 is 20.4 Å². The lowest BCUT2D eigenvalue weighted by Crippen LogP contribution is -2.42. The quantitative estimate of drug-likeness (QED) is 0.718. The van der Waals surface area contributed by atoms with E-state index in [-0.39, 0.29) is 32.3 Å². The van der Waals surface area contributed by atoms with Crippen molar-refractivity contribution in [1.82, 2.24) is 10.2 Å². The molecule has 100 valence electrons. The van der Waals surface area contributed by atoms with E-state index >= 15 is 0 Å². The van der Waals surface area contributed by atoms with Crippen molar-refractivity contribution in [2.45, 2.75) is 6.54 Å². The first-order chi connectivity index (χ1) is 8.67. The molecule has 1 aromatic rings. The highest BCUT2D eigenvalue weighted by molar-refractivity contribution is 6.30. The summed E-state index contributed by atoms with van der Waals surface area (Å²) in [4.78, 5) is 13.1. The normalized spacial score (nSPS) is 10.2. The van der Waals surface area contributed by atoms with Gasteiger partial charge in [-0.05, 0) is 17.7 Å². The second kappa shape index (κ2) is 7.92. The Morgan fingerprint density at radius 2 is 1.94 bits per heavy atom. The minimum Gasteiger partial charge on any atom is -0.395 e. The molecular weight excluding hydrogens is 256 g/mol. The number of nitrogens with zero attached hydrogens (tertiary/aromatic N) is 1. The molecule has 1 aromatic carbocycles. The molecule has 0 saturated heterocycles. The molecule has 3 N–H and O–H groups in total. The number of amides is 2. The van der Waals surface area contributed by atoms with E-state index in [0.29, 0.717) is 11.6 Å². The molecule has 0 atom stereocenters. The van der Waals surface area contributed by atoms with Crippen LogP contribution in [-0.4, -0.2) is 47.4 Å². The molecule has 5 nitrogen and oxygen atoms in total. The maximum Gasteiger partial charge on any atom is 0.317 e. The summed E-state index contributed by atoms with van der Waals surface area (Å²) in [6, 6.07) is 6.87. The number of hydrogen-bond donors (Lipinski definition) is 3. The zero-order valence-corrected chi connectivity index (χ0v) is 10.7. The standard InChI is InChI=1S/C12H17ClN2O3/c13-11-3-1-2-10(8-11)9-14-12(18)15(4-6-16)5-7-17/h1-3,8,16-17H,4-7,9H2,(H,14,18). The van der Waals surface area contributed by atoms with Crippen LogP contribution in [0, 0.1) is 0 Å². The van der Waals surface area contributed by atoms with E-state index in [9.17, 15) is 4.79 Å². The van der Waals surface area contributed by atoms with Crippen molar-refractivity contribution in [3.8, 4) is 0 Å². The van der Waals surface area contributed by atoms with Gasteiger partial charge in [0.25, 0.3) is 0 Å². The predicted molar refractivity (Wildman–Crippen MR) is 69.4 cm³/mol. The number of carbonyl (C=O) groups is 1. The highest BCUT2D eigenvalue weighted by Gasteiger charge is 2.11. The largest absolute Gasteiger partial charge is 0.395 e. The average molecular weight is 273 g/mol. The van der Waals surface area contributed by atoms with Crippen LogP contribution in [0.3, 0.4) is 0 Å². The van der Waals surface area contributed by atoms with Gasteiger partial charge in [-0.2, -0.15) is 0 Å². The lowest BCUT2D eigenvalue weighted by Gasteiger charge is -2.21. The number of carbonyl (C=O) groups excluding carboxylic acids is 1. The Kier molecular flexibility index (Phi) is 6.49. The summed E-state index contributed by atoms with van der Waals surface area (Å²) in [6.45, 7) is 0.478. The predicted octanol–water partition coefficient (Wildman–Crippen LogP) is 0.836. The van der Waals surface area contributed by atoms with Crippen LogP contribution in [0.5, 0.6) is 0 Å². The van der Waals surface area contributed by atoms with E-state index in [1.165, 1.54) is 4.90 Å². The Balaban J connectivity index is 2.48. The first-order valence-electron chi connectivity index (χ1n) is 5.66. The summed E-state index contributed by atoms with van der Waals surface area (Å²) in [7, 11) is 0. The molecule has 18 heavy (non-hydrogen) atoms. The first kappa shape index (κ1) is 14.8. The van der Waals surface area contributed by atoms with Crippen LogP contribution in [0.1, 0.15) is 5.56 Å². The molecule has 1 rings (SSSR count). The van der Waals surface area contributed by atoms with Crippen molar-refractivity contribution < 1.29 is 15.0 Å². The molecular formula is C12H17ClN2O3. The second-order valence-corrected chi connectivity index (χ2v) is 4.16. The Morgan fingerprint density at radius 3 is 2.50 bits per heavy atom. The summed E-state index contributed by atoms with van der Waals surface area (Å²) < 4.78 is 0. The Morgan fingerprint density at radius 1 is 1.28 bits per heavy atom. The van der Waals surface area contributed by atoms with Crippen molar-refractivity contribution in [3.63, 3.8) is 0 Å². The van der Waals surface area contributed by atoms with Crippen LogP contribution in [0.25, 0.3) is 0 Å². The summed E-state index contributed by atoms with van der Waals surface area (Å²) in [6.07, 6.45) is 0. The van der Waals surface area contributed by atoms with Gasteiger partial charge in [-0.15, -0.1) is 0 Å². The Labute approximate surface area is 111 Å². The maximum absolute atomic E-state index is 11.7. The maximum atomic E-state index is 11.7. The molecule has 0 aliphatic heterocycles. The molecule has 0 aliphatic carbocycles. The summed E-state index contributed by atoms with van der Waals surface area (Å²) in [5, 5.41) is 20.9. The summed E-state index contributed by atoms with van der Waals surface area (Å²) >= 11 is 5.83. The number of aliphatic hydroxyl groups is 2. The van der Waals surface area contributed by atoms with Crippen LogP contribution in [0.2, 0.25) is 5.02 Å². The molecule has 0 bridgehead atoms. The van der Waals surface area contributed by atoms with Gasteiger partial charge >= 0.3 is 6.03 Å². The smallest absolute Gasteiger partial charge is 0.317 e. The fourth-order valence-corrected chi connectivity index (χ4v) is 1.71. The molecule has 0 spiro atoms. The van der Waals surface area contributed by atoms with Crippen molar-refractivity contribution in [2.24, 2.45) is 0 Å². The molecule has 0 fully saturated rings. The summed E-state index contributed by atoms with van der Waals surface area (Å²) in [5.74, 6) is 0. The fraction of sp³-hybridized carbons (Fsp3) is 0.417. The Bertz CT molecular complexity index is 381. The zero-order chi connectivity index (χ0) is 13.4. The first-order valence-corrected chi connectivity index (χ1v) is 6.04. The number of halogens is 1. The third-order valence-corrected chi connectivity index (χ3v) is 2.59. The molecule has 0 heterocycles. The molecule has 0 aromatic heterocycles. The SMILES string of the molecule is O=C(NCc1cccc(Cl)c1)N(CCO)CCO. The molecule has 6 heteroatoms. The van der Waals surface area contributed by atoms with Gasteiger partial charge in [-0.3, -0.25) is 0 Å². The second-order valence-electron chi connectivity index (χ2n) is 3.72. The van der Waals surface area contributed by atoms with E-state index < -0.39 is 0 Å². The van der Waals surface area contributed by atoms with Crippen LogP contribution in [0.15, 0.2) is 24.3 Å². The highest BCUT2D eigenvalue weighted by Crippen LogP contribution is 2.10. The van der Waals surface area contributed by atoms with Gasteiger partial charge in [-0.25, -0.2) is 4.79 Å². The van der Waals surface area contributed by atoms with Crippen molar-refractivity contribution in [1.29, 1.82) is 0 Å². The number of aliphatic hydroxyl groups excluding tert-OH is 2. The number of urea groups is 1. The lowest BCUT2D eigenvalue weighted by atomic mass is 10.2. The third kappa shape index (κ3) is 4.91. The lowest BCUT2D eigenvalue weighted by molar-refractivity contribution is 0.158. The number of benzene rings is 1. The fourth-order valence-electron chi connectivity index (χ4n) is 1.49. The van der Waals surface area contributed by atoms with Crippen molar-refractivity contribution in [2.75, 3.05) is 26.3 Å². The molecule has 2 amide bonds. The molecule has 0 radical (unpaired) electrons. The number of hydrogen-bond acceptors (Lipinski definition) is 3. The van der Waals surface area contributed by atoms with Crippen LogP contribution >= 0.6 is 11.6 Å². The topological polar surface area (TPSA) is 72.8 Å². The highest BCUT2D eigenvalue weighted by atomic mass is 35.5. The minimum absolute atomic E-state index is 0.134. The van der Waals surface area contributed by atoms with Crippen molar-refractivity contribution >= 4 is 17.6 Å². The van der Waals surface area contributed by atoms with E-state index in [0.717, 1.165) is 5.56 Å². The molecule has 0 saturated carbocycles. The van der Waals surface area contributed by atoms with Gasteiger partial charge in [0.1, 0.15) is 0 Å². The average Bonchev–Trinajstić information content (AvgIpc) is 2.36. The van der Waals surface area contributed by atoms with E-state index in [1.807, 2.05) is 12.1 Å². The van der Waals surface area contributed by atoms with Crippen molar-refractivity contribution in [3.05, 3.63) is 34.9 Å². The van der Waals surface area contributed by atoms with Gasteiger partial charge in [0.2, 0.25) is 0 Å². The van der Waals surface area contributed by atoms with Gasteiger partial charge in [0.15, 0.2) is 0 Å². The molecule has 0 unspecified atom stereocenters. The molecule has 0 aliphatic rings. The van der Waals surface area contributed by atoms with Crippen LogP contribution in [0.4, 0.5) is 4.79 Å². The van der Waals surface area contributed by atoms with Gasteiger partial charge in [0, 0.05) is 24.7 Å². The minimum atomic E-state index is -0.321. The summed E-state index contributed by atoms with van der Waals surface area (Å²) in [5.41, 5.74) is 0.892. The monoisotopic (exact) mass is 272 g/mol. The van der Waals surface area contributed by atoms with E-state index in [4.69, 9.17) is 21.8 Å².